The summed E-state index contributed by atoms with van der Waals surface area (Å²) in [5, 5.41) is 9.28. The molecule has 3 heteroatoms. The second-order valence-corrected chi connectivity index (χ2v) is 7.98. The zero-order valence-electron chi connectivity index (χ0n) is 20.4. The van der Waals surface area contributed by atoms with E-state index in [4.69, 9.17) is 9.47 Å². The molecule has 0 saturated heterocycles. The summed E-state index contributed by atoms with van der Waals surface area (Å²) in [4.78, 5) is 0. The molecule has 29 heavy (non-hydrogen) atoms. The van der Waals surface area contributed by atoms with Gasteiger partial charge in [0.15, 0.2) is 0 Å². The van der Waals surface area contributed by atoms with Crippen LogP contribution in [-0.4, -0.2) is 37.6 Å². The maximum atomic E-state index is 9.28. The third-order valence-corrected chi connectivity index (χ3v) is 4.85. The van der Waals surface area contributed by atoms with Gasteiger partial charge in [-0.15, -0.1) is 0 Å². The number of aliphatic hydroxyl groups excluding tert-OH is 1. The van der Waals surface area contributed by atoms with Crippen LogP contribution >= 0.6 is 0 Å². The van der Waals surface area contributed by atoms with Gasteiger partial charge >= 0.3 is 0 Å². The van der Waals surface area contributed by atoms with Crippen LogP contribution in [0.2, 0.25) is 0 Å². The zero-order chi connectivity index (χ0) is 21.8. The molecule has 3 nitrogen and oxygen atoms in total. The molecule has 176 valence electrons. The number of allylic oxidation sites excluding steroid dienone is 2. The van der Waals surface area contributed by atoms with Crippen LogP contribution in [0.15, 0.2) is 12.2 Å². The number of rotatable bonds is 21. The number of hydrogen-bond acceptors (Lipinski definition) is 3. The Balaban J connectivity index is 0. The smallest absolute Gasteiger partial charge is 0.104 e. The molecule has 0 aromatic heterocycles. The predicted molar refractivity (Wildman–Crippen MR) is 129 cm³/mol. The summed E-state index contributed by atoms with van der Waals surface area (Å²) < 4.78 is 11.3. The van der Waals surface area contributed by atoms with Crippen LogP contribution in [0.25, 0.3) is 0 Å². The topological polar surface area (TPSA) is 38.7 Å². The van der Waals surface area contributed by atoms with Crippen molar-refractivity contribution in [2.24, 2.45) is 0 Å². The van der Waals surface area contributed by atoms with Gasteiger partial charge in [-0.3, -0.25) is 0 Å². The lowest BCUT2D eigenvalue weighted by molar-refractivity contribution is -0.0432. The summed E-state index contributed by atoms with van der Waals surface area (Å²) in [6.45, 7) is 10.9. The Kier molecular flexibility index (Phi) is 31.7. The first kappa shape index (κ1) is 30.8. The fraction of sp³-hybridized carbons (Fsp3) is 0.923. The molecule has 0 aliphatic rings. The number of aliphatic hydroxyl groups is 1. The van der Waals surface area contributed by atoms with Gasteiger partial charge in [0.1, 0.15) is 6.10 Å². The molecule has 0 aromatic carbocycles. The quantitative estimate of drug-likeness (QED) is 0.153. The summed E-state index contributed by atoms with van der Waals surface area (Å²) in [6.07, 6.45) is 23.4. The summed E-state index contributed by atoms with van der Waals surface area (Å²) in [5.74, 6) is 0. The van der Waals surface area contributed by atoms with E-state index in [-0.39, 0.29) is 12.7 Å². The number of ether oxygens (including phenoxy) is 2. The second kappa shape index (κ2) is 29.8. The van der Waals surface area contributed by atoms with Crippen molar-refractivity contribution in [3.63, 3.8) is 0 Å². The average molecular weight is 415 g/mol. The van der Waals surface area contributed by atoms with Crippen LogP contribution in [0.5, 0.6) is 0 Å². The summed E-state index contributed by atoms with van der Waals surface area (Å²) >= 11 is 0. The Morgan fingerprint density at radius 3 is 1.76 bits per heavy atom. The van der Waals surface area contributed by atoms with E-state index in [0.717, 1.165) is 32.3 Å². The number of unbranched alkanes of at least 4 members (excludes halogenated alkanes) is 11. The van der Waals surface area contributed by atoms with Crippen LogP contribution in [0.1, 0.15) is 124 Å². The van der Waals surface area contributed by atoms with E-state index in [1.54, 1.807) is 0 Å². The van der Waals surface area contributed by atoms with Gasteiger partial charge in [0.25, 0.3) is 0 Å². The van der Waals surface area contributed by atoms with Gasteiger partial charge in [0.2, 0.25) is 0 Å². The summed E-state index contributed by atoms with van der Waals surface area (Å²) in [5.41, 5.74) is 0. The van der Waals surface area contributed by atoms with E-state index < -0.39 is 0 Å². The standard InChI is InChI=1S/C19H38O3.C7H16/c1-3-5-7-9-11-13-15-21-18-19(17-20)22-16-14-12-10-8-6-4-2;1-3-5-7-6-4-2/h8,10,19-20H,3-7,9,11-18H2,1-2H3;3-7H2,1-2H3/b10-8+;/t19-;/m1./s1. The fourth-order valence-corrected chi connectivity index (χ4v) is 2.88. The Bertz CT molecular complexity index is 288. The van der Waals surface area contributed by atoms with Crippen molar-refractivity contribution in [3.8, 4) is 0 Å². The number of hydrogen-bond donors (Lipinski definition) is 1. The van der Waals surface area contributed by atoms with Gasteiger partial charge in [-0.05, 0) is 25.7 Å². The van der Waals surface area contributed by atoms with Gasteiger partial charge in [-0.25, -0.2) is 0 Å². The minimum absolute atomic E-state index is 0.0438. The average Bonchev–Trinajstić information content (AvgIpc) is 2.74. The van der Waals surface area contributed by atoms with Gasteiger partial charge in [0, 0.05) is 13.2 Å². The minimum atomic E-state index is -0.167. The monoisotopic (exact) mass is 414 g/mol. The molecule has 0 bridgehead atoms. The van der Waals surface area contributed by atoms with Gasteiger partial charge in [-0.2, -0.15) is 0 Å². The molecular formula is C26H54O3. The van der Waals surface area contributed by atoms with E-state index in [0.29, 0.717) is 13.2 Å². The molecule has 0 heterocycles. The Morgan fingerprint density at radius 1 is 0.621 bits per heavy atom. The molecule has 0 radical (unpaired) electrons. The lowest BCUT2D eigenvalue weighted by Gasteiger charge is -2.15. The highest BCUT2D eigenvalue weighted by Crippen LogP contribution is 2.05. The van der Waals surface area contributed by atoms with E-state index in [2.05, 4.69) is 39.8 Å². The van der Waals surface area contributed by atoms with Crippen LogP contribution in [0, 0.1) is 0 Å². The van der Waals surface area contributed by atoms with Crippen LogP contribution in [-0.2, 0) is 9.47 Å². The maximum Gasteiger partial charge on any atom is 0.104 e. The normalized spacial score (nSPS) is 12.2. The van der Waals surface area contributed by atoms with Crippen molar-refractivity contribution in [2.45, 2.75) is 130 Å². The van der Waals surface area contributed by atoms with Crippen LogP contribution < -0.4 is 0 Å². The van der Waals surface area contributed by atoms with Crippen molar-refractivity contribution in [1.82, 2.24) is 0 Å². The van der Waals surface area contributed by atoms with E-state index in [1.165, 1.54) is 70.6 Å². The predicted octanol–water partition coefficient (Wildman–Crippen LogP) is 7.85. The Labute approximate surface area is 183 Å². The zero-order valence-corrected chi connectivity index (χ0v) is 20.4. The van der Waals surface area contributed by atoms with Crippen molar-refractivity contribution in [1.29, 1.82) is 0 Å². The molecule has 0 fully saturated rings. The second-order valence-electron chi connectivity index (χ2n) is 7.98. The summed E-state index contributed by atoms with van der Waals surface area (Å²) in [7, 11) is 0. The fourth-order valence-electron chi connectivity index (χ4n) is 2.88. The highest BCUT2D eigenvalue weighted by Gasteiger charge is 2.07. The minimum Gasteiger partial charge on any atom is -0.394 e. The molecular weight excluding hydrogens is 360 g/mol. The molecule has 1 N–H and O–H groups in total. The summed E-state index contributed by atoms with van der Waals surface area (Å²) in [6, 6.07) is 0. The Morgan fingerprint density at radius 2 is 1.17 bits per heavy atom. The van der Waals surface area contributed by atoms with Crippen molar-refractivity contribution < 1.29 is 14.6 Å². The van der Waals surface area contributed by atoms with Crippen molar-refractivity contribution in [3.05, 3.63) is 12.2 Å². The first-order valence-electron chi connectivity index (χ1n) is 12.7. The lowest BCUT2D eigenvalue weighted by Crippen LogP contribution is -2.24. The highest BCUT2D eigenvalue weighted by molar-refractivity contribution is 4.80. The molecule has 0 aliphatic heterocycles. The molecule has 0 rings (SSSR count). The SMILES string of the molecule is CCC/C=C/CCCO[C@H](CO)COCCCCCCCC.CCCCCCC. The highest BCUT2D eigenvalue weighted by atomic mass is 16.5. The lowest BCUT2D eigenvalue weighted by atomic mass is 10.1. The third-order valence-electron chi connectivity index (χ3n) is 4.85. The van der Waals surface area contributed by atoms with Gasteiger partial charge < -0.3 is 14.6 Å². The van der Waals surface area contributed by atoms with E-state index >= 15 is 0 Å². The third kappa shape index (κ3) is 29.9. The van der Waals surface area contributed by atoms with Crippen LogP contribution in [0.4, 0.5) is 0 Å². The molecule has 0 unspecified atom stereocenters. The van der Waals surface area contributed by atoms with E-state index in [9.17, 15) is 5.11 Å². The first-order valence-corrected chi connectivity index (χ1v) is 12.7. The molecule has 0 spiro atoms. The van der Waals surface area contributed by atoms with Crippen LogP contribution in [0.3, 0.4) is 0 Å². The van der Waals surface area contributed by atoms with E-state index in [1.807, 2.05) is 0 Å². The Hall–Kier alpha value is -0.380. The largest absolute Gasteiger partial charge is 0.394 e. The maximum absolute atomic E-state index is 9.28. The molecule has 0 aromatic rings. The van der Waals surface area contributed by atoms with Crippen molar-refractivity contribution in [2.75, 3.05) is 26.4 Å². The molecule has 0 aliphatic carbocycles. The molecule has 1 atom stereocenters. The van der Waals surface area contributed by atoms with Gasteiger partial charge in [-0.1, -0.05) is 110 Å². The van der Waals surface area contributed by atoms with Gasteiger partial charge in [0.05, 0.1) is 13.2 Å². The van der Waals surface area contributed by atoms with Crippen molar-refractivity contribution >= 4 is 0 Å². The first-order chi connectivity index (χ1) is 14.3. The molecule has 0 amide bonds. The molecule has 0 saturated carbocycles.